The van der Waals surface area contributed by atoms with Gasteiger partial charge in [0.05, 0.1) is 0 Å². The zero-order valence-corrected chi connectivity index (χ0v) is 16.3. The second kappa shape index (κ2) is 7.03. The Morgan fingerprint density at radius 1 is 1.04 bits per heavy atom. The summed E-state index contributed by atoms with van der Waals surface area (Å²) in [4.78, 5) is 10.7. The largest absolute Gasteiger partial charge is 0.478 e. The Morgan fingerprint density at radius 2 is 1.64 bits per heavy atom. The van der Waals surface area contributed by atoms with Gasteiger partial charge in [-0.05, 0) is 65.4 Å². The van der Waals surface area contributed by atoms with Crippen LogP contribution in [0, 0.1) is 0 Å². The fourth-order valence-electron chi connectivity index (χ4n) is 3.52. The van der Waals surface area contributed by atoms with Gasteiger partial charge in [-0.3, -0.25) is 0 Å². The van der Waals surface area contributed by atoms with Gasteiger partial charge in [0.15, 0.2) is 0 Å². The van der Waals surface area contributed by atoms with E-state index in [4.69, 9.17) is 5.11 Å². The van der Waals surface area contributed by atoms with Crippen LogP contribution in [0.2, 0.25) is 0 Å². The van der Waals surface area contributed by atoms with E-state index in [1.54, 1.807) is 6.92 Å². The van der Waals surface area contributed by atoms with Gasteiger partial charge in [-0.2, -0.15) is 0 Å². The normalized spacial score (nSPS) is 19.8. The second-order valence-corrected chi connectivity index (χ2v) is 8.46. The molecule has 134 valence electrons. The number of carboxylic acid groups (broad SMARTS) is 1. The molecule has 0 saturated carbocycles. The Hall–Kier alpha value is -2.09. The van der Waals surface area contributed by atoms with E-state index in [2.05, 4.69) is 52.8 Å². The second-order valence-electron chi connectivity index (χ2n) is 8.46. The Bertz CT molecular complexity index is 758. The van der Waals surface area contributed by atoms with Crippen LogP contribution in [0.4, 0.5) is 0 Å². The Morgan fingerprint density at radius 3 is 2.24 bits per heavy atom. The molecular weight excluding hydrogens is 308 g/mol. The third-order valence-corrected chi connectivity index (χ3v) is 5.36. The molecule has 0 atom stereocenters. The highest BCUT2D eigenvalue weighted by atomic mass is 16.4. The summed E-state index contributed by atoms with van der Waals surface area (Å²) in [5.41, 5.74) is 6.51. The van der Waals surface area contributed by atoms with E-state index in [1.807, 2.05) is 18.2 Å². The SMILES string of the molecule is CC(/C=C/C=C(\C)c1ccc2c(c1)C(C)(C)CCC2(C)C)=C\C(=O)O. The molecule has 1 aliphatic rings. The number of aliphatic carboxylic acids is 1. The molecule has 0 heterocycles. The summed E-state index contributed by atoms with van der Waals surface area (Å²) in [5.74, 6) is -0.914. The summed E-state index contributed by atoms with van der Waals surface area (Å²) in [6, 6.07) is 6.85. The van der Waals surface area contributed by atoms with Crippen LogP contribution < -0.4 is 0 Å². The molecule has 2 rings (SSSR count). The molecule has 1 N–H and O–H groups in total. The number of carbonyl (C=O) groups is 1. The highest BCUT2D eigenvalue weighted by Crippen LogP contribution is 2.46. The van der Waals surface area contributed by atoms with Crippen molar-refractivity contribution >= 4 is 11.5 Å². The maximum Gasteiger partial charge on any atom is 0.328 e. The number of benzene rings is 1. The number of hydrogen-bond acceptors (Lipinski definition) is 1. The summed E-state index contributed by atoms with van der Waals surface area (Å²) in [7, 11) is 0. The topological polar surface area (TPSA) is 37.3 Å². The van der Waals surface area contributed by atoms with Crippen molar-refractivity contribution in [2.24, 2.45) is 0 Å². The first-order chi connectivity index (χ1) is 11.5. The van der Waals surface area contributed by atoms with Crippen molar-refractivity contribution in [3.8, 4) is 0 Å². The predicted octanol–water partition coefficient (Wildman–Crippen LogP) is 6.03. The van der Waals surface area contributed by atoms with E-state index in [-0.39, 0.29) is 10.8 Å². The standard InChI is InChI=1S/C23H30O2/c1-16(14-21(24)25)8-7-9-17(2)18-10-11-19-20(15-18)23(5,6)13-12-22(19,3)4/h7-11,14-15H,12-13H2,1-6H3,(H,24,25)/b8-7+,16-14+,17-9+. The van der Waals surface area contributed by atoms with E-state index in [0.717, 1.165) is 5.57 Å². The van der Waals surface area contributed by atoms with Crippen molar-refractivity contribution in [1.82, 2.24) is 0 Å². The first-order valence-corrected chi connectivity index (χ1v) is 8.94. The van der Waals surface area contributed by atoms with Gasteiger partial charge >= 0.3 is 5.97 Å². The molecular formula is C23H30O2. The van der Waals surface area contributed by atoms with E-state index < -0.39 is 5.97 Å². The lowest BCUT2D eigenvalue weighted by atomic mass is 9.63. The summed E-state index contributed by atoms with van der Waals surface area (Å²) in [6.45, 7) is 13.2. The van der Waals surface area contributed by atoms with Gasteiger partial charge in [-0.15, -0.1) is 0 Å². The molecule has 25 heavy (non-hydrogen) atoms. The molecule has 0 saturated heterocycles. The summed E-state index contributed by atoms with van der Waals surface area (Å²) >= 11 is 0. The van der Waals surface area contributed by atoms with Crippen LogP contribution in [0.1, 0.15) is 71.1 Å². The highest BCUT2D eigenvalue weighted by molar-refractivity contribution is 5.81. The van der Waals surface area contributed by atoms with E-state index in [1.165, 1.54) is 41.2 Å². The third kappa shape index (κ3) is 4.50. The fraction of sp³-hybridized carbons (Fsp3) is 0.435. The van der Waals surface area contributed by atoms with Gasteiger partial charge in [0, 0.05) is 6.08 Å². The number of rotatable bonds is 4. The molecule has 0 unspecified atom stereocenters. The molecule has 2 nitrogen and oxygen atoms in total. The molecule has 1 aromatic rings. The van der Waals surface area contributed by atoms with Crippen molar-refractivity contribution in [3.63, 3.8) is 0 Å². The van der Waals surface area contributed by atoms with Crippen LogP contribution >= 0.6 is 0 Å². The minimum absolute atomic E-state index is 0.206. The molecule has 0 fully saturated rings. The summed E-state index contributed by atoms with van der Waals surface area (Å²) in [5, 5.41) is 8.75. The zero-order valence-electron chi connectivity index (χ0n) is 16.3. The minimum Gasteiger partial charge on any atom is -0.478 e. The number of allylic oxidation sites excluding steroid dienone is 5. The van der Waals surface area contributed by atoms with E-state index >= 15 is 0 Å². The van der Waals surface area contributed by atoms with Crippen molar-refractivity contribution in [3.05, 3.63) is 64.8 Å². The molecule has 1 aliphatic carbocycles. The Labute approximate surface area is 152 Å². The fourth-order valence-corrected chi connectivity index (χ4v) is 3.52. The molecule has 0 aromatic heterocycles. The lowest BCUT2D eigenvalue weighted by molar-refractivity contribution is -0.131. The molecule has 0 aliphatic heterocycles. The predicted molar refractivity (Wildman–Crippen MR) is 106 cm³/mol. The molecule has 0 spiro atoms. The lowest BCUT2D eigenvalue weighted by Crippen LogP contribution is -2.33. The van der Waals surface area contributed by atoms with Crippen molar-refractivity contribution < 1.29 is 9.90 Å². The van der Waals surface area contributed by atoms with Crippen molar-refractivity contribution in [2.45, 2.75) is 65.2 Å². The third-order valence-electron chi connectivity index (χ3n) is 5.36. The van der Waals surface area contributed by atoms with Gasteiger partial charge in [-0.25, -0.2) is 4.79 Å². The molecule has 0 radical (unpaired) electrons. The number of hydrogen-bond donors (Lipinski definition) is 1. The maximum atomic E-state index is 10.7. The van der Waals surface area contributed by atoms with Crippen LogP contribution in [0.3, 0.4) is 0 Å². The summed E-state index contributed by atoms with van der Waals surface area (Å²) in [6.07, 6.45) is 9.42. The van der Waals surface area contributed by atoms with E-state index in [9.17, 15) is 4.79 Å². The Balaban J connectivity index is 2.34. The molecule has 0 bridgehead atoms. The molecule has 1 aromatic carbocycles. The monoisotopic (exact) mass is 338 g/mol. The van der Waals surface area contributed by atoms with Crippen LogP contribution in [0.5, 0.6) is 0 Å². The summed E-state index contributed by atoms with van der Waals surface area (Å²) < 4.78 is 0. The van der Waals surface area contributed by atoms with Crippen LogP contribution in [-0.4, -0.2) is 11.1 Å². The van der Waals surface area contributed by atoms with Gasteiger partial charge in [-0.1, -0.05) is 64.1 Å². The first-order valence-electron chi connectivity index (χ1n) is 8.94. The maximum absolute atomic E-state index is 10.7. The smallest absolute Gasteiger partial charge is 0.328 e. The zero-order chi connectivity index (χ0) is 18.8. The van der Waals surface area contributed by atoms with Crippen molar-refractivity contribution in [2.75, 3.05) is 0 Å². The molecule has 2 heteroatoms. The van der Waals surface area contributed by atoms with Crippen LogP contribution in [0.25, 0.3) is 5.57 Å². The first kappa shape index (κ1) is 19.2. The van der Waals surface area contributed by atoms with Gasteiger partial charge in [0.1, 0.15) is 0 Å². The van der Waals surface area contributed by atoms with Gasteiger partial charge < -0.3 is 5.11 Å². The van der Waals surface area contributed by atoms with Crippen LogP contribution in [-0.2, 0) is 15.6 Å². The lowest BCUT2D eigenvalue weighted by Gasteiger charge is -2.42. The minimum atomic E-state index is -0.914. The van der Waals surface area contributed by atoms with Crippen LogP contribution in [0.15, 0.2) is 48.1 Å². The highest BCUT2D eigenvalue weighted by Gasteiger charge is 2.36. The van der Waals surface area contributed by atoms with Gasteiger partial charge in [0.2, 0.25) is 0 Å². The van der Waals surface area contributed by atoms with E-state index in [0.29, 0.717) is 0 Å². The quantitative estimate of drug-likeness (QED) is 0.538. The average molecular weight is 338 g/mol. The molecule has 0 amide bonds. The number of carboxylic acids is 1. The average Bonchev–Trinajstić information content (AvgIpc) is 2.51. The van der Waals surface area contributed by atoms with Gasteiger partial charge in [0.25, 0.3) is 0 Å². The number of fused-ring (bicyclic) bond motifs is 1. The Kier molecular flexibility index (Phi) is 5.41. The van der Waals surface area contributed by atoms with Crippen molar-refractivity contribution in [1.29, 1.82) is 0 Å².